The molecule has 0 saturated heterocycles. The Kier molecular flexibility index (Phi) is 33.5. The number of nitro benzene ring substituents is 1. The van der Waals surface area contributed by atoms with Crippen molar-refractivity contribution in [2.45, 2.75) is 65.6 Å². The number of methoxy groups -OCH3 is 1. The highest BCUT2D eigenvalue weighted by atomic mass is 79.9. The lowest BCUT2D eigenvalue weighted by molar-refractivity contribution is -0.384. The number of aromatic nitrogens is 14. The van der Waals surface area contributed by atoms with Gasteiger partial charge in [-0.15, -0.1) is 0 Å². The highest BCUT2D eigenvalue weighted by Crippen LogP contribution is 2.42. The van der Waals surface area contributed by atoms with Gasteiger partial charge in [0, 0.05) is 88.9 Å². The van der Waals surface area contributed by atoms with Gasteiger partial charge in [-0.25, -0.2) is 34.9 Å². The number of rotatable bonds is 20. The second-order valence-electron chi connectivity index (χ2n) is 34.2. The standard InChI is InChI=1S/C15H17N3O3.C13H15N5O.C13H12N4O.C13H13N3O3.C13H15N3O.C12H12BrN3O.C12H12ClN3O.C12H14N4O/c1-20-15(19)7-11-2-3-14-13(6-11)18(4-5-21-14)9-12-8-16-10-17-12;14-13(15)9-1-2-12-11(5-9)18(3-4-19-12)7-10-6-16-8-17-10;14-6-10-1-2-13-12(5-10)17(3-4-18-13)8-11-7-15-9-16-11;17-16(18)11-3-4-13-12(8-11)15(6-7-19-13)9-10-2-1-5-14-10;1-10-2-3-13-12(6-10)16(4-5-17-13)8-11-7-14-9-15-11;3*13-9-1-2-12-11(5-9)16(3-4-17-12)7-10-6-14-8-15-10/h2-3,6,8,10H,4-5,7,9H2,1H3,(H,16,17);1-2,5-6,8H,3-4,7H2,(H3,14,15)(H,16,17);1-2,5,7,9H,3-4,8H2,(H,15,16);2-5,8H,1,6-7,9H2;2-3,6-7,9H,4-5,8H2,1H3,(H,14,15);2*1-2,5-6,8H,3-4,7H2,(H,14,15);1-2,5-6,8H,3-4,7,13H2,(H,14,15). The van der Waals surface area contributed by atoms with Crippen molar-refractivity contribution >= 4 is 102 Å². The molecule has 42 heteroatoms. The summed E-state index contributed by atoms with van der Waals surface area (Å²) in [7, 11) is 1.40. The summed E-state index contributed by atoms with van der Waals surface area (Å²) in [5.74, 6) is 6.72. The van der Waals surface area contributed by atoms with Crippen LogP contribution in [-0.4, -0.2) is 212 Å². The molecule has 16 heterocycles. The Morgan fingerprint density at radius 1 is 0.441 bits per heavy atom. The Balaban J connectivity index is 0.000000114. The molecular formula is C103H110BrClN28O12. The molecule has 12 N–H and O–H groups in total. The molecule has 8 aromatic carbocycles. The Morgan fingerprint density at radius 2 is 0.779 bits per heavy atom. The van der Waals surface area contributed by atoms with Gasteiger partial charge in [-0.2, -0.15) is 5.26 Å². The number of nitriles is 1. The van der Waals surface area contributed by atoms with E-state index in [-0.39, 0.29) is 28.8 Å². The number of hydrogen-bond donors (Lipinski definition) is 10. The number of benzene rings is 8. The monoisotopic (exact) mass is 2040 g/mol. The number of anilines is 9. The van der Waals surface area contributed by atoms with Crippen molar-refractivity contribution in [1.29, 1.82) is 10.7 Å². The molecule has 9 aliphatic rings. The maximum atomic E-state index is 11.4. The average Bonchev–Trinajstić information content (AvgIpc) is 1.37. The van der Waals surface area contributed by atoms with Crippen LogP contribution in [0.5, 0.6) is 46.0 Å². The molecular weight excluding hydrogens is 1940 g/mol. The van der Waals surface area contributed by atoms with Gasteiger partial charge >= 0.3 is 5.97 Å². The fourth-order valence-corrected chi connectivity index (χ4v) is 17.6. The summed E-state index contributed by atoms with van der Waals surface area (Å²) in [6.07, 6.45) is 29.7. The molecule has 145 heavy (non-hydrogen) atoms. The first-order valence-corrected chi connectivity index (χ1v) is 48.2. The minimum Gasteiger partial charge on any atom is -0.490 e. The maximum Gasteiger partial charge on any atom is 0.309 e. The van der Waals surface area contributed by atoms with Crippen molar-refractivity contribution < 1.29 is 52.3 Å². The first kappa shape index (κ1) is 99.4. The normalized spacial score (nSPS) is 14.4. The third kappa shape index (κ3) is 26.9. The molecule has 9 aliphatic heterocycles. The number of aryl methyl sites for hydroxylation is 1. The lowest BCUT2D eigenvalue weighted by atomic mass is 10.1. The topological polar surface area (TPSA) is 482 Å². The number of carbonyl (C=O) groups is 1. The van der Waals surface area contributed by atoms with Crippen molar-refractivity contribution in [2.24, 2.45) is 10.7 Å². The number of nitrogens with two attached hydrogens (primary N) is 2. The zero-order valence-electron chi connectivity index (χ0n) is 79.8. The van der Waals surface area contributed by atoms with E-state index in [0.29, 0.717) is 69.6 Å². The van der Waals surface area contributed by atoms with Crippen LogP contribution in [0.3, 0.4) is 0 Å². The number of imidazole rings is 7. The summed E-state index contributed by atoms with van der Waals surface area (Å²) in [6, 6.07) is 47.5. The largest absolute Gasteiger partial charge is 0.490 e. The van der Waals surface area contributed by atoms with Crippen molar-refractivity contribution in [3.63, 3.8) is 0 Å². The van der Waals surface area contributed by atoms with Gasteiger partial charge in [0.15, 0.2) is 0 Å². The first-order valence-electron chi connectivity index (χ1n) is 47.1. The Hall–Kier alpha value is -17.2. The van der Waals surface area contributed by atoms with Crippen LogP contribution in [0.2, 0.25) is 5.02 Å². The van der Waals surface area contributed by atoms with E-state index in [0.717, 1.165) is 258 Å². The van der Waals surface area contributed by atoms with E-state index in [9.17, 15) is 14.9 Å². The van der Waals surface area contributed by atoms with Crippen LogP contribution in [-0.2, 0) is 61.8 Å². The molecule has 0 spiro atoms. The molecule has 0 radical (unpaired) electrons. The predicted molar refractivity (Wildman–Crippen MR) is 556 cm³/mol. The number of H-pyrrole nitrogens is 7. The van der Waals surface area contributed by atoms with E-state index in [4.69, 9.17) is 76.4 Å². The number of allylic oxidation sites excluding steroid dienone is 1. The predicted octanol–water partition coefficient (Wildman–Crippen LogP) is 15.0. The fraction of sp³-hybridized carbons (Fsp3) is 0.272. The van der Waals surface area contributed by atoms with Crippen LogP contribution in [0.4, 0.5) is 56.9 Å². The highest BCUT2D eigenvalue weighted by Gasteiger charge is 2.29. The number of ether oxygens (including phenoxy) is 9. The van der Waals surface area contributed by atoms with Gasteiger partial charge in [-0.3, -0.25) is 25.3 Å². The molecule has 0 unspecified atom stereocenters. The third-order valence-corrected chi connectivity index (χ3v) is 24.9. The van der Waals surface area contributed by atoms with Crippen LogP contribution >= 0.6 is 27.5 Å². The van der Waals surface area contributed by atoms with E-state index in [1.54, 1.807) is 68.6 Å². The van der Waals surface area contributed by atoms with E-state index in [1.807, 2.05) is 147 Å². The summed E-state index contributed by atoms with van der Waals surface area (Å²) >= 11 is 9.51. The van der Waals surface area contributed by atoms with E-state index >= 15 is 0 Å². The SMILES string of the molecule is Brc1ccc2c(c1)N(Cc1cnc[nH]1)CCO2.COC(=O)Cc1ccc2c(c1)N(Cc1cnc[nH]1)CCO2.Cc1ccc2c(c1)N(Cc1cnc[nH]1)CCO2.Clc1ccc2c(c1)N(Cc1cnc[nH]1)CCO2.N#Cc1ccc2c(c1)N(Cc1cnc[nH]1)CCO2.N=C(N)c1ccc2c(c1)N(Cc1cnc[nH]1)CCO2.Nc1ccc2c(c1)N(Cc1cnc[nH]1)CCO2.O=[N+]([O-])c1ccc2c(c1)N(CC1=CCC=N1)CCO2. The molecule has 40 nitrogen and oxygen atoms in total. The van der Waals surface area contributed by atoms with Gasteiger partial charge in [-0.05, 0) is 139 Å². The maximum absolute atomic E-state index is 11.4. The molecule has 0 atom stereocenters. The van der Waals surface area contributed by atoms with Gasteiger partial charge in [0.2, 0.25) is 0 Å². The number of nitrogens with zero attached hydrogens (tertiary/aromatic N) is 18. The van der Waals surface area contributed by atoms with Crippen molar-refractivity contribution in [3.05, 3.63) is 327 Å². The fourth-order valence-electron chi connectivity index (χ4n) is 17.1. The summed E-state index contributed by atoms with van der Waals surface area (Å²) < 4.78 is 50.7. The number of nitrogen functional groups attached to an aromatic ring is 2. The van der Waals surface area contributed by atoms with Gasteiger partial charge in [0.1, 0.15) is 105 Å². The average molecular weight is 2050 g/mol. The number of halogens is 2. The van der Waals surface area contributed by atoms with Crippen LogP contribution in [0.25, 0.3) is 0 Å². The Morgan fingerprint density at radius 3 is 1.17 bits per heavy atom. The van der Waals surface area contributed by atoms with Crippen LogP contribution in [0, 0.1) is 33.8 Å². The second kappa shape index (κ2) is 48.8. The number of nitro groups is 1. The van der Waals surface area contributed by atoms with Crippen molar-refractivity contribution in [1.82, 2.24) is 69.8 Å². The van der Waals surface area contributed by atoms with Crippen LogP contribution < -0.4 is 88.6 Å². The summed E-state index contributed by atoms with van der Waals surface area (Å²) in [6.45, 7) is 20.3. The number of carbonyl (C=O) groups excluding carboxylic acids is 1. The van der Waals surface area contributed by atoms with Gasteiger partial charge in [0.25, 0.3) is 5.69 Å². The molecule has 0 saturated carbocycles. The number of aromatic amines is 7. The van der Waals surface area contributed by atoms with Gasteiger partial charge in [-0.1, -0.05) is 45.7 Å². The minimum atomic E-state index is -0.389. The molecule has 24 rings (SSSR count). The molecule has 0 aliphatic carbocycles. The van der Waals surface area contributed by atoms with Gasteiger partial charge in [0.05, 0.1) is 270 Å². The second-order valence-corrected chi connectivity index (χ2v) is 35.6. The van der Waals surface area contributed by atoms with E-state index in [1.165, 1.54) is 24.4 Å². The summed E-state index contributed by atoms with van der Waals surface area (Å²) in [5, 5.41) is 28.0. The number of fused-ring (bicyclic) bond motifs is 8. The number of hydrogen-bond acceptors (Lipinski definition) is 31. The number of non-ortho nitro benzene ring substituents is 1. The number of esters is 1. The quantitative estimate of drug-likeness (QED) is 0.00846. The first-order chi connectivity index (χ1) is 70.9. The number of nitrogens with one attached hydrogen (secondary N) is 8. The van der Waals surface area contributed by atoms with Crippen LogP contribution in [0.15, 0.2) is 255 Å². The zero-order valence-corrected chi connectivity index (χ0v) is 82.2. The molecule has 748 valence electrons. The van der Waals surface area contributed by atoms with Crippen LogP contribution in [0.1, 0.15) is 68.5 Å². The minimum absolute atomic E-state index is 0.0647. The van der Waals surface area contributed by atoms with Gasteiger partial charge < -0.3 is 128 Å². The molecule has 0 bridgehead atoms. The molecule has 7 aromatic heterocycles. The number of amidine groups is 1. The van der Waals surface area contributed by atoms with Crippen molar-refractivity contribution in [2.75, 3.05) is 164 Å². The lowest BCUT2D eigenvalue weighted by Crippen LogP contribution is -2.34. The zero-order chi connectivity index (χ0) is 100. The van der Waals surface area contributed by atoms with E-state index in [2.05, 4.69) is 167 Å². The lowest BCUT2D eigenvalue weighted by Gasteiger charge is -2.31. The Labute approximate surface area is 849 Å². The number of aliphatic imine (C=N–C) groups is 1. The molecule has 0 fully saturated rings. The third-order valence-electron chi connectivity index (χ3n) is 24.2. The highest BCUT2D eigenvalue weighted by molar-refractivity contribution is 9.10. The Bertz CT molecular complexity index is 6490. The summed E-state index contributed by atoms with van der Waals surface area (Å²) in [4.78, 5) is 93.8. The van der Waals surface area contributed by atoms with Crippen molar-refractivity contribution in [3.8, 4) is 52.1 Å². The molecule has 15 aromatic rings. The summed E-state index contributed by atoms with van der Waals surface area (Å²) in [5.41, 5.74) is 32.3. The molecule has 0 amide bonds. The van der Waals surface area contributed by atoms with E-state index < -0.39 is 0 Å². The smallest absolute Gasteiger partial charge is 0.309 e.